The van der Waals surface area contributed by atoms with Gasteiger partial charge in [0, 0.05) is 51.7 Å². The van der Waals surface area contributed by atoms with Crippen LogP contribution in [-0.4, -0.2) is 57.3 Å². The van der Waals surface area contributed by atoms with E-state index >= 15 is 0 Å². The molecule has 26 heavy (non-hydrogen) atoms. The maximum absolute atomic E-state index is 13.9. The van der Waals surface area contributed by atoms with Crippen molar-refractivity contribution in [3.05, 3.63) is 54.1 Å². The number of aromatic nitrogens is 1. The molecular formula is C19H23FN4O2. The van der Waals surface area contributed by atoms with Crippen molar-refractivity contribution in [3.8, 4) is 0 Å². The highest BCUT2D eigenvalue weighted by molar-refractivity contribution is 5.93. The number of carbonyl (C=O) groups excluding carboxylic acids is 1. The van der Waals surface area contributed by atoms with Crippen LogP contribution in [0.15, 0.2) is 42.6 Å². The molecule has 1 fully saturated rings. The number of amides is 1. The molecule has 1 aromatic heterocycles. The summed E-state index contributed by atoms with van der Waals surface area (Å²) in [4.78, 5) is 20.5. The number of hydrogen-bond donors (Lipinski definition) is 1. The maximum Gasteiger partial charge on any atom is 0.270 e. The third-order valence-electron chi connectivity index (χ3n) is 4.41. The van der Waals surface area contributed by atoms with Crippen molar-refractivity contribution in [1.29, 1.82) is 0 Å². The largest absolute Gasteiger partial charge is 0.383 e. The average molecular weight is 358 g/mol. The fourth-order valence-corrected chi connectivity index (χ4v) is 3.01. The molecule has 0 spiro atoms. The van der Waals surface area contributed by atoms with Gasteiger partial charge in [0.2, 0.25) is 0 Å². The number of hydrogen-bond acceptors (Lipinski definition) is 5. The second-order valence-electron chi connectivity index (χ2n) is 6.07. The second kappa shape index (κ2) is 8.62. The van der Waals surface area contributed by atoms with Crippen LogP contribution < -0.4 is 15.1 Å². The summed E-state index contributed by atoms with van der Waals surface area (Å²) in [5.41, 5.74) is 1.97. The molecule has 1 amide bonds. The number of halogens is 1. The smallest absolute Gasteiger partial charge is 0.270 e. The van der Waals surface area contributed by atoms with Crippen molar-refractivity contribution >= 4 is 17.3 Å². The van der Waals surface area contributed by atoms with E-state index in [2.05, 4.69) is 15.2 Å². The van der Waals surface area contributed by atoms with E-state index < -0.39 is 0 Å². The van der Waals surface area contributed by atoms with Gasteiger partial charge in [0.05, 0.1) is 12.3 Å². The summed E-state index contributed by atoms with van der Waals surface area (Å²) in [6.07, 6.45) is 1.64. The van der Waals surface area contributed by atoms with E-state index in [0.29, 0.717) is 24.5 Å². The van der Waals surface area contributed by atoms with E-state index in [-0.39, 0.29) is 11.7 Å². The molecule has 0 saturated carbocycles. The zero-order valence-electron chi connectivity index (χ0n) is 14.8. The second-order valence-corrected chi connectivity index (χ2v) is 6.07. The van der Waals surface area contributed by atoms with Crippen LogP contribution in [0, 0.1) is 5.82 Å². The predicted octanol–water partition coefficient (Wildman–Crippen LogP) is 1.92. The number of pyridine rings is 1. The number of benzene rings is 1. The quantitative estimate of drug-likeness (QED) is 0.800. The normalized spacial score (nSPS) is 14.4. The molecule has 1 aliphatic rings. The van der Waals surface area contributed by atoms with Gasteiger partial charge in [-0.2, -0.15) is 0 Å². The lowest BCUT2D eigenvalue weighted by atomic mass is 10.2. The lowest BCUT2D eigenvalue weighted by Gasteiger charge is -2.37. The van der Waals surface area contributed by atoms with Gasteiger partial charge in [0.25, 0.3) is 5.91 Å². The fraction of sp³-hybridized carbons (Fsp3) is 0.368. The summed E-state index contributed by atoms with van der Waals surface area (Å²) < 4.78 is 18.9. The number of anilines is 2. The minimum atomic E-state index is -0.214. The van der Waals surface area contributed by atoms with E-state index in [9.17, 15) is 9.18 Å². The van der Waals surface area contributed by atoms with Crippen LogP contribution in [0.5, 0.6) is 0 Å². The highest BCUT2D eigenvalue weighted by atomic mass is 19.1. The van der Waals surface area contributed by atoms with Crippen LogP contribution in [0.3, 0.4) is 0 Å². The van der Waals surface area contributed by atoms with Crippen LogP contribution in [0.25, 0.3) is 0 Å². The summed E-state index contributed by atoms with van der Waals surface area (Å²) in [7, 11) is 1.59. The summed E-state index contributed by atoms with van der Waals surface area (Å²) in [6, 6.07) is 10.5. The van der Waals surface area contributed by atoms with Crippen molar-refractivity contribution in [2.24, 2.45) is 0 Å². The first-order valence-electron chi connectivity index (χ1n) is 8.66. The van der Waals surface area contributed by atoms with Crippen molar-refractivity contribution in [2.45, 2.75) is 0 Å². The number of ether oxygens (including phenoxy) is 1. The Morgan fingerprint density at radius 2 is 1.92 bits per heavy atom. The molecule has 138 valence electrons. The molecule has 0 atom stereocenters. The Morgan fingerprint density at radius 1 is 1.19 bits per heavy atom. The fourth-order valence-electron chi connectivity index (χ4n) is 3.01. The van der Waals surface area contributed by atoms with Crippen LogP contribution in [-0.2, 0) is 4.74 Å². The van der Waals surface area contributed by atoms with Crippen molar-refractivity contribution in [1.82, 2.24) is 10.3 Å². The number of para-hydroxylation sites is 1. The van der Waals surface area contributed by atoms with E-state index in [0.717, 1.165) is 31.9 Å². The zero-order chi connectivity index (χ0) is 18.4. The monoisotopic (exact) mass is 358 g/mol. The van der Waals surface area contributed by atoms with Crippen molar-refractivity contribution in [2.75, 3.05) is 56.2 Å². The Kier molecular flexibility index (Phi) is 6.01. The minimum absolute atomic E-state index is 0.195. The highest BCUT2D eigenvalue weighted by Gasteiger charge is 2.20. The average Bonchev–Trinajstić information content (AvgIpc) is 2.69. The third kappa shape index (κ3) is 4.29. The molecule has 1 saturated heterocycles. The number of nitrogens with zero attached hydrogens (tertiary/aromatic N) is 3. The lowest BCUT2D eigenvalue weighted by Crippen LogP contribution is -2.46. The van der Waals surface area contributed by atoms with E-state index in [4.69, 9.17) is 4.74 Å². The molecular weight excluding hydrogens is 335 g/mol. The van der Waals surface area contributed by atoms with Crippen LogP contribution in [0.1, 0.15) is 10.5 Å². The van der Waals surface area contributed by atoms with Crippen molar-refractivity contribution < 1.29 is 13.9 Å². The van der Waals surface area contributed by atoms with Gasteiger partial charge in [0.15, 0.2) is 0 Å². The van der Waals surface area contributed by atoms with Gasteiger partial charge < -0.3 is 19.9 Å². The Hall–Kier alpha value is -2.67. The first kappa shape index (κ1) is 18.1. The molecule has 0 unspecified atom stereocenters. The summed E-state index contributed by atoms with van der Waals surface area (Å²) in [6.45, 7) is 3.86. The first-order valence-corrected chi connectivity index (χ1v) is 8.66. The SMILES string of the molecule is COCCNC(=O)c1cc(N2CCN(c3ccccc3F)CC2)ccn1. The minimum Gasteiger partial charge on any atom is -0.383 e. The highest BCUT2D eigenvalue weighted by Crippen LogP contribution is 2.23. The molecule has 1 N–H and O–H groups in total. The van der Waals surface area contributed by atoms with Gasteiger partial charge >= 0.3 is 0 Å². The lowest BCUT2D eigenvalue weighted by molar-refractivity contribution is 0.0932. The van der Waals surface area contributed by atoms with Gasteiger partial charge in [-0.1, -0.05) is 12.1 Å². The Balaban J connectivity index is 1.62. The molecule has 0 aliphatic carbocycles. The Labute approximate surface area is 152 Å². The van der Waals surface area contributed by atoms with Gasteiger partial charge in [-0.05, 0) is 24.3 Å². The molecule has 2 aromatic rings. The van der Waals surface area contributed by atoms with Gasteiger partial charge in [0.1, 0.15) is 11.5 Å². The van der Waals surface area contributed by atoms with E-state index in [1.54, 1.807) is 31.5 Å². The molecule has 2 heterocycles. The summed E-state index contributed by atoms with van der Waals surface area (Å²) in [5.74, 6) is -0.409. The molecule has 1 aliphatic heterocycles. The number of carbonyl (C=O) groups is 1. The predicted molar refractivity (Wildman–Crippen MR) is 99.3 cm³/mol. The van der Waals surface area contributed by atoms with Crippen molar-refractivity contribution in [3.63, 3.8) is 0 Å². The summed E-state index contributed by atoms with van der Waals surface area (Å²) >= 11 is 0. The number of nitrogens with one attached hydrogen (secondary N) is 1. The van der Waals surface area contributed by atoms with E-state index in [1.165, 1.54) is 6.07 Å². The third-order valence-corrected chi connectivity index (χ3v) is 4.41. The van der Waals surface area contributed by atoms with Crippen LogP contribution in [0.4, 0.5) is 15.8 Å². The van der Waals surface area contributed by atoms with E-state index in [1.807, 2.05) is 17.0 Å². The van der Waals surface area contributed by atoms with Crippen LogP contribution >= 0.6 is 0 Å². The molecule has 6 nitrogen and oxygen atoms in total. The number of rotatable bonds is 6. The topological polar surface area (TPSA) is 57.7 Å². The summed E-state index contributed by atoms with van der Waals surface area (Å²) in [5, 5.41) is 2.77. The first-order chi connectivity index (χ1) is 12.7. The Morgan fingerprint density at radius 3 is 2.65 bits per heavy atom. The van der Waals surface area contributed by atoms with Gasteiger partial charge in [-0.3, -0.25) is 9.78 Å². The molecule has 1 aromatic carbocycles. The van der Waals surface area contributed by atoms with Gasteiger partial charge in [-0.15, -0.1) is 0 Å². The maximum atomic E-state index is 13.9. The van der Waals surface area contributed by atoms with Crippen LogP contribution in [0.2, 0.25) is 0 Å². The van der Waals surface area contributed by atoms with Gasteiger partial charge in [-0.25, -0.2) is 4.39 Å². The molecule has 7 heteroatoms. The standard InChI is InChI=1S/C19H23FN4O2/c1-26-13-8-22-19(25)17-14-15(6-7-21-17)23-9-11-24(12-10-23)18-5-3-2-4-16(18)20/h2-7,14H,8-13H2,1H3,(H,22,25). The number of methoxy groups -OCH3 is 1. The molecule has 0 radical (unpaired) electrons. The number of piperazine rings is 1. The zero-order valence-corrected chi connectivity index (χ0v) is 14.8. The Bertz CT molecular complexity index is 748. The molecule has 0 bridgehead atoms. The molecule has 3 rings (SSSR count).